The van der Waals surface area contributed by atoms with Gasteiger partial charge < -0.3 is 11.1 Å². The van der Waals surface area contributed by atoms with Gasteiger partial charge in [-0.05, 0) is 31.5 Å². The molecule has 0 fully saturated rings. The van der Waals surface area contributed by atoms with Gasteiger partial charge >= 0.3 is 0 Å². The number of aryl methyl sites for hydroxylation is 2. The number of aromatic nitrogens is 2. The SMILES string of the molecule is Cc1cnc(CNc2cc(C)c(F)cc2N)cn1. The van der Waals surface area contributed by atoms with Crippen molar-refractivity contribution < 1.29 is 4.39 Å². The molecular formula is C13H15FN4. The average Bonchev–Trinajstić information content (AvgIpc) is 2.34. The number of hydrogen-bond donors (Lipinski definition) is 2. The first-order valence-electron chi connectivity index (χ1n) is 5.63. The zero-order valence-electron chi connectivity index (χ0n) is 10.4. The summed E-state index contributed by atoms with van der Waals surface area (Å²) in [6.45, 7) is 4.08. The standard InChI is InChI=1S/C13H15FN4/c1-8-3-13(12(15)4-11(8)14)18-7-10-6-16-9(2)5-17-10/h3-6,18H,7,15H2,1-2H3. The number of rotatable bonds is 3. The van der Waals surface area contributed by atoms with Crippen molar-refractivity contribution >= 4 is 11.4 Å². The predicted octanol–water partition coefficient (Wildman–Crippen LogP) is 2.43. The lowest BCUT2D eigenvalue weighted by Gasteiger charge is -2.10. The molecule has 0 amide bonds. The van der Waals surface area contributed by atoms with E-state index in [2.05, 4.69) is 15.3 Å². The van der Waals surface area contributed by atoms with Gasteiger partial charge in [0.05, 0.1) is 35.5 Å². The second kappa shape index (κ2) is 5.00. The maximum Gasteiger partial charge on any atom is 0.128 e. The van der Waals surface area contributed by atoms with E-state index in [4.69, 9.17) is 5.73 Å². The Morgan fingerprint density at radius 1 is 1.22 bits per heavy atom. The lowest BCUT2D eigenvalue weighted by Crippen LogP contribution is -2.05. The first kappa shape index (κ1) is 12.3. The maximum atomic E-state index is 13.2. The Morgan fingerprint density at radius 2 is 2.00 bits per heavy atom. The predicted molar refractivity (Wildman–Crippen MR) is 69.6 cm³/mol. The number of benzene rings is 1. The van der Waals surface area contributed by atoms with Crippen molar-refractivity contribution in [2.75, 3.05) is 11.1 Å². The topological polar surface area (TPSA) is 63.8 Å². The van der Waals surface area contributed by atoms with Crippen LogP contribution in [-0.2, 0) is 6.54 Å². The van der Waals surface area contributed by atoms with E-state index in [0.717, 1.165) is 11.4 Å². The Balaban J connectivity index is 2.10. The minimum Gasteiger partial charge on any atom is -0.397 e. The molecule has 0 saturated carbocycles. The summed E-state index contributed by atoms with van der Waals surface area (Å²) in [5.41, 5.74) is 9.07. The van der Waals surface area contributed by atoms with E-state index in [9.17, 15) is 4.39 Å². The molecule has 1 heterocycles. The van der Waals surface area contributed by atoms with Crippen LogP contribution in [0.15, 0.2) is 24.5 Å². The number of nitrogen functional groups attached to an aromatic ring is 1. The van der Waals surface area contributed by atoms with Crippen LogP contribution in [0.25, 0.3) is 0 Å². The van der Waals surface area contributed by atoms with Crippen molar-refractivity contribution in [3.05, 3.63) is 47.3 Å². The second-order valence-corrected chi connectivity index (χ2v) is 4.19. The van der Waals surface area contributed by atoms with Crippen LogP contribution in [0.5, 0.6) is 0 Å². The molecule has 3 N–H and O–H groups in total. The van der Waals surface area contributed by atoms with Crippen LogP contribution in [0.3, 0.4) is 0 Å². The normalized spacial score (nSPS) is 10.4. The highest BCUT2D eigenvalue weighted by Crippen LogP contribution is 2.22. The number of nitrogens with zero attached hydrogens (tertiary/aromatic N) is 2. The Kier molecular flexibility index (Phi) is 3.41. The van der Waals surface area contributed by atoms with Crippen LogP contribution in [0.2, 0.25) is 0 Å². The molecule has 1 aromatic heterocycles. The highest BCUT2D eigenvalue weighted by molar-refractivity contribution is 5.67. The summed E-state index contributed by atoms with van der Waals surface area (Å²) in [5.74, 6) is -0.298. The van der Waals surface area contributed by atoms with Crippen molar-refractivity contribution in [2.24, 2.45) is 0 Å². The molecule has 2 aromatic rings. The largest absolute Gasteiger partial charge is 0.397 e. The molecule has 1 aromatic carbocycles. The smallest absolute Gasteiger partial charge is 0.128 e. The third kappa shape index (κ3) is 2.74. The fraction of sp³-hybridized carbons (Fsp3) is 0.231. The van der Waals surface area contributed by atoms with Gasteiger partial charge in [0.15, 0.2) is 0 Å². The fourth-order valence-corrected chi connectivity index (χ4v) is 1.55. The highest BCUT2D eigenvalue weighted by atomic mass is 19.1. The van der Waals surface area contributed by atoms with Crippen molar-refractivity contribution in [1.82, 2.24) is 9.97 Å². The number of hydrogen-bond acceptors (Lipinski definition) is 4. The Hall–Kier alpha value is -2.17. The van der Waals surface area contributed by atoms with Crippen LogP contribution < -0.4 is 11.1 Å². The molecule has 0 radical (unpaired) electrons. The average molecular weight is 246 g/mol. The molecule has 5 heteroatoms. The summed E-state index contributed by atoms with van der Waals surface area (Å²) in [6.07, 6.45) is 3.41. The van der Waals surface area contributed by atoms with E-state index in [0.29, 0.717) is 23.5 Å². The molecule has 2 rings (SSSR count). The van der Waals surface area contributed by atoms with E-state index < -0.39 is 0 Å². The quantitative estimate of drug-likeness (QED) is 0.816. The van der Waals surface area contributed by atoms with E-state index in [-0.39, 0.29) is 5.82 Å². The molecule has 0 unspecified atom stereocenters. The van der Waals surface area contributed by atoms with Crippen molar-refractivity contribution in [3.63, 3.8) is 0 Å². The molecule has 0 aliphatic carbocycles. The molecule has 0 aliphatic rings. The molecule has 0 aliphatic heterocycles. The summed E-state index contributed by atoms with van der Waals surface area (Å²) >= 11 is 0. The van der Waals surface area contributed by atoms with Crippen LogP contribution >= 0.6 is 0 Å². The van der Waals surface area contributed by atoms with E-state index in [1.54, 1.807) is 25.4 Å². The highest BCUT2D eigenvalue weighted by Gasteiger charge is 2.05. The summed E-state index contributed by atoms with van der Waals surface area (Å²) in [5, 5.41) is 3.12. The Bertz CT molecular complexity index is 552. The number of halogens is 1. The monoisotopic (exact) mass is 246 g/mol. The molecule has 0 spiro atoms. The van der Waals surface area contributed by atoms with E-state index >= 15 is 0 Å². The fourth-order valence-electron chi connectivity index (χ4n) is 1.55. The summed E-state index contributed by atoms with van der Waals surface area (Å²) in [7, 11) is 0. The van der Waals surface area contributed by atoms with Gasteiger partial charge in [-0.15, -0.1) is 0 Å². The van der Waals surface area contributed by atoms with Crippen molar-refractivity contribution in [3.8, 4) is 0 Å². The number of anilines is 2. The Labute approximate surface area is 105 Å². The molecule has 4 nitrogen and oxygen atoms in total. The van der Waals surface area contributed by atoms with Crippen LogP contribution in [-0.4, -0.2) is 9.97 Å². The lowest BCUT2D eigenvalue weighted by molar-refractivity contribution is 0.619. The van der Waals surface area contributed by atoms with E-state index in [1.807, 2.05) is 6.92 Å². The van der Waals surface area contributed by atoms with Gasteiger partial charge in [0.2, 0.25) is 0 Å². The zero-order valence-corrected chi connectivity index (χ0v) is 10.4. The van der Waals surface area contributed by atoms with Crippen molar-refractivity contribution in [2.45, 2.75) is 20.4 Å². The minimum absolute atomic E-state index is 0.298. The van der Waals surface area contributed by atoms with E-state index in [1.165, 1.54) is 6.07 Å². The summed E-state index contributed by atoms with van der Waals surface area (Å²) in [6, 6.07) is 3.00. The number of nitrogens with one attached hydrogen (secondary N) is 1. The number of nitrogens with two attached hydrogens (primary N) is 1. The van der Waals surface area contributed by atoms with Gasteiger partial charge in [0.1, 0.15) is 5.82 Å². The van der Waals surface area contributed by atoms with Gasteiger partial charge in [-0.1, -0.05) is 0 Å². The van der Waals surface area contributed by atoms with Gasteiger partial charge in [-0.25, -0.2) is 4.39 Å². The van der Waals surface area contributed by atoms with Crippen LogP contribution in [0.4, 0.5) is 15.8 Å². The van der Waals surface area contributed by atoms with Gasteiger partial charge in [-0.2, -0.15) is 0 Å². The molecular weight excluding hydrogens is 231 g/mol. The third-order valence-electron chi connectivity index (χ3n) is 2.63. The van der Waals surface area contributed by atoms with Crippen LogP contribution in [0.1, 0.15) is 17.0 Å². The second-order valence-electron chi connectivity index (χ2n) is 4.19. The first-order chi connectivity index (χ1) is 8.56. The van der Waals surface area contributed by atoms with Gasteiger partial charge in [0.25, 0.3) is 0 Å². The van der Waals surface area contributed by atoms with Gasteiger partial charge in [-0.3, -0.25) is 9.97 Å². The maximum absolute atomic E-state index is 13.2. The zero-order chi connectivity index (χ0) is 13.1. The Morgan fingerprint density at radius 3 is 2.67 bits per heavy atom. The van der Waals surface area contributed by atoms with Crippen molar-refractivity contribution in [1.29, 1.82) is 0 Å². The molecule has 0 saturated heterocycles. The van der Waals surface area contributed by atoms with Crippen LogP contribution in [0, 0.1) is 19.7 Å². The lowest BCUT2D eigenvalue weighted by atomic mass is 10.2. The molecule has 0 bridgehead atoms. The minimum atomic E-state index is -0.298. The summed E-state index contributed by atoms with van der Waals surface area (Å²) in [4.78, 5) is 8.37. The molecule has 18 heavy (non-hydrogen) atoms. The summed E-state index contributed by atoms with van der Waals surface area (Å²) < 4.78 is 13.2. The van der Waals surface area contributed by atoms with Gasteiger partial charge in [0, 0.05) is 6.20 Å². The third-order valence-corrected chi connectivity index (χ3v) is 2.63. The molecule has 94 valence electrons. The molecule has 0 atom stereocenters. The first-order valence-corrected chi connectivity index (χ1v) is 5.63.